The van der Waals surface area contributed by atoms with Gasteiger partial charge in [0.25, 0.3) is 0 Å². The predicted molar refractivity (Wildman–Crippen MR) is 71.0 cm³/mol. The lowest BCUT2D eigenvalue weighted by atomic mass is 10.2. The normalized spacial score (nSPS) is 22.1. The zero-order valence-corrected chi connectivity index (χ0v) is 11.5. The summed E-state index contributed by atoms with van der Waals surface area (Å²) in [5.41, 5.74) is 0. The Balaban J connectivity index is 1.66. The summed E-state index contributed by atoms with van der Waals surface area (Å²) in [5.74, 6) is 0.0240. The Morgan fingerprint density at radius 2 is 1.89 bits per heavy atom. The van der Waals surface area contributed by atoms with E-state index in [-0.39, 0.29) is 6.03 Å². The number of carbonyl (C=O) groups is 2. The molecule has 1 unspecified atom stereocenters. The number of rotatable bonds is 5. The van der Waals surface area contributed by atoms with Crippen LogP contribution in [0.25, 0.3) is 0 Å². The first-order valence-electron chi connectivity index (χ1n) is 7.07. The van der Waals surface area contributed by atoms with Crippen LogP contribution in [0.5, 0.6) is 0 Å². The summed E-state index contributed by atoms with van der Waals surface area (Å²) in [4.78, 5) is 26.5. The lowest BCUT2D eigenvalue weighted by Gasteiger charge is -2.36. The molecule has 0 spiro atoms. The maximum Gasteiger partial charge on any atom is 0.320 e. The number of nitrogens with zero attached hydrogens (tertiary/aromatic N) is 2. The summed E-state index contributed by atoms with van der Waals surface area (Å²) in [7, 11) is 0. The Labute approximate surface area is 113 Å². The van der Waals surface area contributed by atoms with Gasteiger partial charge in [0, 0.05) is 32.7 Å². The second-order valence-electron chi connectivity index (χ2n) is 5.50. The van der Waals surface area contributed by atoms with Crippen molar-refractivity contribution in [2.24, 2.45) is 5.92 Å². The van der Waals surface area contributed by atoms with Crippen molar-refractivity contribution in [2.75, 3.05) is 32.7 Å². The molecule has 2 rings (SSSR count). The van der Waals surface area contributed by atoms with Crippen molar-refractivity contribution < 1.29 is 14.7 Å². The first kappa shape index (κ1) is 14.1. The number of hydrogen-bond acceptors (Lipinski definition) is 3. The number of piperazine rings is 1. The fraction of sp³-hybridized carbons (Fsp3) is 0.846. The van der Waals surface area contributed by atoms with Gasteiger partial charge in [-0.2, -0.15) is 0 Å². The molecule has 0 aromatic heterocycles. The lowest BCUT2D eigenvalue weighted by molar-refractivity contribution is -0.143. The molecule has 19 heavy (non-hydrogen) atoms. The second kappa shape index (κ2) is 6.23. The van der Waals surface area contributed by atoms with Gasteiger partial charge in [-0.05, 0) is 19.3 Å². The third kappa shape index (κ3) is 4.09. The number of amides is 2. The van der Waals surface area contributed by atoms with E-state index in [9.17, 15) is 9.59 Å². The van der Waals surface area contributed by atoms with Gasteiger partial charge in [-0.3, -0.25) is 9.69 Å². The van der Waals surface area contributed by atoms with E-state index >= 15 is 0 Å². The number of carboxylic acid groups (broad SMARTS) is 1. The van der Waals surface area contributed by atoms with Crippen molar-refractivity contribution in [3.8, 4) is 0 Å². The largest absolute Gasteiger partial charge is 0.480 e. The number of carbonyl (C=O) groups excluding carboxylic acids is 1. The molecule has 0 aromatic rings. The van der Waals surface area contributed by atoms with Crippen molar-refractivity contribution in [3.63, 3.8) is 0 Å². The Bertz CT molecular complexity index is 336. The zero-order chi connectivity index (χ0) is 13.8. The van der Waals surface area contributed by atoms with Crippen LogP contribution in [0.4, 0.5) is 4.79 Å². The van der Waals surface area contributed by atoms with E-state index in [2.05, 4.69) is 5.32 Å². The Morgan fingerprint density at radius 1 is 1.26 bits per heavy atom. The first-order chi connectivity index (χ1) is 9.08. The molecule has 1 aliphatic carbocycles. The molecular formula is C13H23N3O3. The fourth-order valence-corrected chi connectivity index (χ4v) is 2.37. The molecule has 2 N–H and O–H groups in total. The highest BCUT2D eigenvalue weighted by Crippen LogP contribution is 2.31. The van der Waals surface area contributed by atoms with E-state index in [1.807, 2.05) is 4.90 Å². The average molecular weight is 269 g/mol. The Morgan fingerprint density at radius 3 is 2.42 bits per heavy atom. The van der Waals surface area contributed by atoms with E-state index in [1.165, 1.54) is 12.8 Å². The van der Waals surface area contributed by atoms with Crippen molar-refractivity contribution in [1.29, 1.82) is 0 Å². The lowest BCUT2D eigenvalue weighted by Crippen LogP contribution is -2.55. The predicted octanol–water partition coefficient (Wildman–Crippen LogP) is 0.587. The van der Waals surface area contributed by atoms with E-state index in [0.717, 1.165) is 18.9 Å². The van der Waals surface area contributed by atoms with E-state index in [4.69, 9.17) is 5.11 Å². The minimum atomic E-state index is -0.803. The smallest absolute Gasteiger partial charge is 0.320 e. The minimum absolute atomic E-state index is 0.0109. The summed E-state index contributed by atoms with van der Waals surface area (Å²) in [5, 5.41) is 11.9. The molecule has 108 valence electrons. The van der Waals surface area contributed by atoms with Crippen LogP contribution in [0.15, 0.2) is 0 Å². The van der Waals surface area contributed by atoms with Crippen molar-refractivity contribution in [2.45, 2.75) is 32.2 Å². The third-order valence-electron chi connectivity index (χ3n) is 4.03. The highest BCUT2D eigenvalue weighted by Gasteiger charge is 2.27. The van der Waals surface area contributed by atoms with Crippen LogP contribution in [0.3, 0.4) is 0 Å². The molecular weight excluding hydrogens is 246 g/mol. The van der Waals surface area contributed by atoms with Gasteiger partial charge in [-0.15, -0.1) is 0 Å². The molecule has 2 amide bonds. The molecule has 6 heteroatoms. The van der Waals surface area contributed by atoms with Gasteiger partial charge in [0.1, 0.15) is 6.04 Å². The van der Waals surface area contributed by atoms with Crippen molar-refractivity contribution in [1.82, 2.24) is 15.1 Å². The standard InChI is InChI=1S/C13H23N3O3/c1-10(12(17)18)15-6-8-16(9-7-15)13(19)14-5-4-11-2-3-11/h10-11H,2-9H2,1H3,(H,14,19)(H,17,18). The fourth-order valence-electron chi connectivity index (χ4n) is 2.37. The molecule has 1 saturated carbocycles. The summed E-state index contributed by atoms with van der Waals surface area (Å²) in [6, 6.07) is -0.483. The van der Waals surface area contributed by atoms with Crippen molar-refractivity contribution >= 4 is 12.0 Å². The molecule has 6 nitrogen and oxygen atoms in total. The Kier molecular flexibility index (Phi) is 4.63. The second-order valence-corrected chi connectivity index (χ2v) is 5.50. The van der Waals surface area contributed by atoms with Gasteiger partial charge < -0.3 is 15.3 Å². The minimum Gasteiger partial charge on any atom is -0.480 e. The van der Waals surface area contributed by atoms with Crippen LogP contribution in [0.1, 0.15) is 26.2 Å². The molecule has 0 aromatic carbocycles. The number of hydrogen-bond donors (Lipinski definition) is 2. The number of urea groups is 1. The summed E-state index contributed by atoms with van der Waals surface area (Å²) >= 11 is 0. The molecule has 2 fully saturated rings. The van der Waals surface area contributed by atoms with Crippen LogP contribution in [0.2, 0.25) is 0 Å². The van der Waals surface area contributed by atoms with Crippen LogP contribution >= 0.6 is 0 Å². The van der Waals surface area contributed by atoms with Crippen LogP contribution in [-0.4, -0.2) is 65.7 Å². The summed E-state index contributed by atoms with van der Waals surface area (Å²) in [6.07, 6.45) is 3.70. The molecule has 0 bridgehead atoms. The van der Waals surface area contributed by atoms with Crippen LogP contribution < -0.4 is 5.32 Å². The highest BCUT2D eigenvalue weighted by atomic mass is 16.4. The zero-order valence-electron chi connectivity index (χ0n) is 11.5. The molecule has 0 radical (unpaired) electrons. The third-order valence-corrected chi connectivity index (χ3v) is 4.03. The monoisotopic (exact) mass is 269 g/mol. The number of carboxylic acids is 1. The number of nitrogens with one attached hydrogen (secondary N) is 1. The van der Waals surface area contributed by atoms with Gasteiger partial charge in [-0.25, -0.2) is 4.79 Å². The topological polar surface area (TPSA) is 72.9 Å². The number of aliphatic carboxylic acids is 1. The Hall–Kier alpha value is -1.30. The SMILES string of the molecule is CC(C(=O)O)N1CCN(C(=O)NCCC2CC2)CC1. The van der Waals surface area contributed by atoms with Gasteiger partial charge in [0.15, 0.2) is 0 Å². The van der Waals surface area contributed by atoms with E-state index < -0.39 is 12.0 Å². The highest BCUT2D eigenvalue weighted by molar-refractivity contribution is 5.74. The molecule has 1 atom stereocenters. The van der Waals surface area contributed by atoms with Crippen molar-refractivity contribution in [3.05, 3.63) is 0 Å². The van der Waals surface area contributed by atoms with Gasteiger partial charge in [-0.1, -0.05) is 12.8 Å². The molecule has 1 saturated heterocycles. The maximum absolute atomic E-state index is 11.9. The summed E-state index contributed by atoms with van der Waals surface area (Å²) < 4.78 is 0. The van der Waals surface area contributed by atoms with Gasteiger partial charge in [0.05, 0.1) is 0 Å². The van der Waals surface area contributed by atoms with Gasteiger partial charge >= 0.3 is 12.0 Å². The molecule has 1 heterocycles. The van der Waals surface area contributed by atoms with Gasteiger partial charge in [0.2, 0.25) is 0 Å². The summed E-state index contributed by atoms with van der Waals surface area (Å²) in [6.45, 7) is 4.91. The van der Waals surface area contributed by atoms with Crippen LogP contribution in [0, 0.1) is 5.92 Å². The maximum atomic E-state index is 11.9. The van der Waals surface area contributed by atoms with E-state index in [0.29, 0.717) is 26.2 Å². The molecule has 1 aliphatic heterocycles. The van der Waals surface area contributed by atoms with E-state index in [1.54, 1.807) is 11.8 Å². The quantitative estimate of drug-likeness (QED) is 0.766. The molecule has 2 aliphatic rings. The first-order valence-corrected chi connectivity index (χ1v) is 7.07. The average Bonchev–Trinajstić information content (AvgIpc) is 3.22. The van der Waals surface area contributed by atoms with Crippen LogP contribution in [-0.2, 0) is 4.79 Å².